The second-order valence-electron chi connectivity index (χ2n) is 3.45. The number of urea groups is 1. The van der Waals surface area contributed by atoms with Gasteiger partial charge in [-0.2, -0.15) is 5.01 Å². The topological polar surface area (TPSA) is 160 Å². The van der Waals surface area contributed by atoms with E-state index in [1.54, 1.807) is 0 Å². The number of rotatable bonds is 7. The molecule has 0 fully saturated rings. The Morgan fingerprint density at radius 1 is 1.39 bits per heavy atom. The standard InChI is InChI=1S/C8H15N3O7/c1-11(10-18)8(17)9-4(2-12)6(15)7(16)5(14)3-13/h2,4-7,13-16H,3H2,1H3,(H,9,17)/t4-,5-,6+,7-/m1/s1. The molecule has 0 saturated carbocycles. The maximum atomic E-state index is 11.2. The summed E-state index contributed by atoms with van der Waals surface area (Å²) in [5, 5.41) is 40.9. The fourth-order valence-electron chi connectivity index (χ4n) is 1.02. The highest BCUT2D eigenvalue weighted by molar-refractivity contribution is 5.77. The largest absolute Gasteiger partial charge is 0.394 e. The Balaban J connectivity index is 4.62. The van der Waals surface area contributed by atoms with E-state index < -0.39 is 37.0 Å². The van der Waals surface area contributed by atoms with Crippen LogP contribution in [-0.4, -0.2) is 75.8 Å². The maximum Gasteiger partial charge on any atom is 0.340 e. The SMILES string of the molecule is CN(N=O)C(=O)N[C@H](C=O)[C@H](O)[C@H](O)[C@H](O)CO. The minimum atomic E-state index is -1.85. The van der Waals surface area contributed by atoms with Crippen molar-refractivity contribution in [3.8, 4) is 0 Å². The number of aliphatic hydroxyl groups is 4. The molecule has 0 aliphatic heterocycles. The summed E-state index contributed by atoms with van der Waals surface area (Å²) >= 11 is 0. The van der Waals surface area contributed by atoms with E-state index in [0.29, 0.717) is 5.01 Å². The molecule has 0 aromatic carbocycles. The Bertz CT molecular complexity index is 300. The number of carbonyl (C=O) groups excluding carboxylic acids is 2. The molecule has 0 unspecified atom stereocenters. The molecule has 10 heteroatoms. The van der Waals surface area contributed by atoms with Crippen LogP contribution in [0.15, 0.2) is 5.29 Å². The van der Waals surface area contributed by atoms with Crippen molar-refractivity contribution < 1.29 is 30.0 Å². The number of aliphatic hydroxyl groups excluding tert-OH is 4. The molecule has 104 valence electrons. The third kappa shape index (κ3) is 4.33. The van der Waals surface area contributed by atoms with Crippen molar-refractivity contribution in [3.05, 3.63) is 4.91 Å². The Hall–Kier alpha value is -1.62. The normalized spacial score (nSPS) is 17.2. The van der Waals surface area contributed by atoms with Crippen molar-refractivity contribution in [2.45, 2.75) is 24.4 Å². The van der Waals surface area contributed by atoms with Gasteiger partial charge in [0.05, 0.1) is 11.9 Å². The van der Waals surface area contributed by atoms with Gasteiger partial charge in [0.1, 0.15) is 30.6 Å². The summed E-state index contributed by atoms with van der Waals surface area (Å²) in [5.41, 5.74) is 0. The molecule has 0 aliphatic carbocycles. The van der Waals surface area contributed by atoms with Crippen LogP contribution < -0.4 is 5.32 Å². The lowest BCUT2D eigenvalue weighted by Crippen LogP contribution is -2.54. The van der Waals surface area contributed by atoms with Crippen molar-refractivity contribution in [1.29, 1.82) is 0 Å². The molecule has 5 N–H and O–H groups in total. The summed E-state index contributed by atoms with van der Waals surface area (Å²) in [7, 11) is 1.01. The number of nitrogens with zero attached hydrogens (tertiary/aromatic N) is 2. The van der Waals surface area contributed by atoms with E-state index in [9.17, 15) is 24.7 Å². The fraction of sp³-hybridized carbons (Fsp3) is 0.750. The van der Waals surface area contributed by atoms with Crippen LogP contribution >= 0.6 is 0 Å². The molecule has 2 amide bonds. The number of hydrogen-bond donors (Lipinski definition) is 5. The Morgan fingerprint density at radius 2 is 1.94 bits per heavy atom. The van der Waals surface area contributed by atoms with Crippen molar-refractivity contribution >= 4 is 12.3 Å². The molecule has 0 radical (unpaired) electrons. The predicted molar refractivity (Wildman–Crippen MR) is 57.0 cm³/mol. The maximum absolute atomic E-state index is 11.2. The van der Waals surface area contributed by atoms with E-state index in [1.807, 2.05) is 5.32 Å². The first-order chi connectivity index (χ1) is 8.38. The van der Waals surface area contributed by atoms with Crippen LogP contribution in [0.1, 0.15) is 0 Å². The summed E-state index contributed by atoms with van der Waals surface area (Å²) in [6, 6.07) is -2.65. The molecular formula is C8H15N3O7. The molecular weight excluding hydrogens is 250 g/mol. The van der Waals surface area contributed by atoms with Gasteiger partial charge in [0, 0.05) is 7.05 Å². The second kappa shape index (κ2) is 7.66. The lowest BCUT2D eigenvalue weighted by atomic mass is 10.0. The second-order valence-corrected chi connectivity index (χ2v) is 3.45. The number of aldehydes is 1. The van der Waals surface area contributed by atoms with Gasteiger partial charge in [0.15, 0.2) is 0 Å². The highest BCUT2D eigenvalue weighted by Gasteiger charge is 2.32. The van der Waals surface area contributed by atoms with Crippen molar-refractivity contribution in [3.63, 3.8) is 0 Å². The average molecular weight is 265 g/mol. The van der Waals surface area contributed by atoms with E-state index in [4.69, 9.17) is 10.2 Å². The van der Waals surface area contributed by atoms with Crippen molar-refractivity contribution in [2.24, 2.45) is 5.29 Å². The molecule has 18 heavy (non-hydrogen) atoms. The van der Waals surface area contributed by atoms with Crippen molar-refractivity contribution in [2.75, 3.05) is 13.7 Å². The number of amides is 2. The molecule has 0 aromatic heterocycles. The van der Waals surface area contributed by atoms with Gasteiger partial charge >= 0.3 is 6.03 Å². The van der Waals surface area contributed by atoms with Crippen LogP contribution in [0.3, 0.4) is 0 Å². The lowest BCUT2D eigenvalue weighted by Gasteiger charge is -2.26. The molecule has 0 aromatic rings. The van der Waals surface area contributed by atoms with Gasteiger partial charge in [-0.25, -0.2) is 4.79 Å². The Labute approximate surface area is 102 Å². The van der Waals surface area contributed by atoms with Crippen LogP contribution in [0.4, 0.5) is 4.79 Å². The molecule has 0 rings (SSSR count). The quantitative estimate of drug-likeness (QED) is 0.186. The zero-order valence-corrected chi connectivity index (χ0v) is 9.50. The highest BCUT2D eigenvalue weighted by atomic mass is 16.4. The minimum absolute atomic E-state index is 0.106. The van der Waals surface area contributed by atoms with E-state index in [1.165, 1.54) is 0 Å². The summed E-state index contributed by atoms with van der Waals surface area (Å²) < 4.78 is 0. The van der Waals surface area contributed by atoms with E-state index in [0.717, 1.165) is 7.05 Å². The summed E-state index contributed by atoms with van der Waals surface area (Å²) in [6.45, 7) is -0.840. The van der Waals surface area contributed by atoms with Crippen LogP contribution in [0.5, 0.6) is 0 Å². The predicted octanol–water partition coefficient (Wildman–Crippen LogP) is -3.05. The van der Waals surface area contributed by atoms with Gasteiger partial charge in [-0.3, -0.25) is 0 Å². The van der Waals surface area contributed by atoms with E-state index in [2.05, 4.69) is 5.29 Å². The van der Waals surface area contributed by atoms with Gasteiger partial charge in [-0.15, -0.1) is 4.91 Å². The van der Waals surface area contributed by atoms with E-state index >= 15 is 0 Å². The number of carbonyl (C=O) groups is 2. The molecule has 4 atom stereocenters. The monoisotopic (exact) mass is 265 g/mol. The lowest BCUT2D eigenvalue weighted by molar-refractivity contribution is -0.119. The number of nitrogens with one attached hydrogen (secondary N) is 1. The first-order valence-electron chi connectivity index (χ1n) is 4.86. The zero-order valence-electron chi connectivity index (χ0n) is 9.50. The molecule has 0 heterocycles. The van der Waals surface area contributed by atoms with E-state index in [-0.39, 0.29) is 6.29 Å². The molecule has 0 aliphatic rings. The van der Waals surface area contributed by atoms with Crippen LogP contribution in [0.25, 0.3) is 0 Å². The average Bonchev–Trinajstić information content (AvgIpc) is 2.40. The molecule has 0 saturated heterocycles. The molecule has 10 nitrogen and oxygen atoms in total. The smallest absolute Gasteiger partial charge is 0.340 e. The Kier molecular flexibility index (Phi) is 6.97. The van der Waals surface area contributed by atoms with Crippen LogP contribution in [0, 0.1) is 4.91 Å². The van der Waals surface area contributed by atoms with Crippen molar-refractivity contribution in [1.82, 2.24) is 10.3 Å². The molecule has 0 spiro atoms. The zero-order chi connectivity index (χ0) is 14.3. The van der Waals surface area contributed by atoms with Gasteiger partial charge in [-0.05, 0) is 0 Å². The molecule has 0 bridgehead atoms. The van der Waals surface area contributed by atoms with Gasteiger partial charge in [0.2, 0.25) is 0 Å². The Morgan fingerprint density at radius 3 is 2.33 bits per heavy atom. The van der Waals surface area contributed by atoms with Gasteiger partial charge < -0.3 is 30.5 Å². The van der Waals surface area contributed by atoms with Gasteiger partial charge in [0.25, 0.3) is 0 Å². The first-order valence-corrected chi connectivity index (χ1v) is 4.86. The number of hydrogen-bond acceptors (Lipinski definition) is 8. The first kappa shape index (κ1) is 16.4. The van der Waals surface area contributed by atoms with Crippen LogP contribution in [-0.2, 0) is 4.79 Å². The van der Waals surface area contributed by atoms with Gasteiger partial charge in [-0.1, -0.05) is 0 Å². The third-order valence-electron chi connectivity index (χ3n) is 2.15. The third-order valence-corrected chi connectivity index (χ3v) is 2.15. The number of nitroso groups, excluding NO2 is 1. The summed E-state index contributed by atoms with van der Waals surface area (Å²) in [4.78, 5) is 31.8. The van der Waals surface area contributed by atoms with Crippen LogP contribution in [0.2, 0.25) is 0 Å². The minimum Gasteiger partial charge on any atom is -0.394 e. The summed E-state index contributed by atoms with van der Waals surface area (Å²) in [6.07, 6.45) is -5.27. The fourth-order valence-corrected chi connectivity index (χ4v) is 1.02. The summed E-state index contributed by atoms with van der Waals surface area (Å²) in [5.74, 6) is 0. The highest BCUT2D eigenvalue weighted by Crippen LogP contribution is 2.04.